The molecule has 0 atom stereocenters. The van der Waals surface area contributed by atoms with Gasteiger partial charge in [0.05, 0.1) is 5.02 Å². The van der Waals surface area contributed by atoms with E-state index in [2.05, 4.69) is 4.98 Å². The van der Waals surface area contributed by atoms with Crippen LogP contribution in [0.4, 0.5) is 0 Å². The van der Waals surface area contributed by atoms with Crippen LogP contribution in [0.2, 0.25) is 10.0 Å². The molecule has 2 aromatic carbocycles. The summed E-state index contributed by atoms with van der Waals surface area (Å²) in [5, 5.41) is 2.13. The molecule has 0 saturated carbocycles. The summed E-state index contributed by atoms with van der Waals surface area (Å²) in [6.07, 6.45) is 1.61. The first-order valence-corrected chi connectivity index (χ1v) is 11.2. The maximum absolute atomic E-state index is 13.0. The number of pyridine rings is 1. The number of nitrogens with zero attached hydrogens (tertiary/aromatic N) is 3. The smallest absolute Gasteiger partial charge is 0.273 e. The number of hydrogen-bond acceptors (Lipinski definition) is 4. The van der Waals surface area contributed by atoms with E-state index in [0.717, 1.165) is 10.8 Å². The quantitative estimate of drug-likeness (QED) is 0.611. The van der Waals surface area contributed by atoms with Crippen LogP contribution in [0.3, 0.4) is 0 Å². The van der Waals surface area contributed by atoms with Crippen LogP contribution in [0, 0.1) is 0 Å². The Morgan fingerprint density at radius 1 is 0.966 bits per heavy atom. The summed E-state index contributed by atoms with van der Waals surface area (Å²) in [5.74, 6) is -0.209. The average molecular weight is 450 g/mol. The van der Waals surface area contributed by atoms with Crippen molar-refractivity contribution >= 4 is 49.9 Å². The molecule has 1 fully saturated rings. The SMILES string of the molecule is O=C(c1nccc2ccccc12)N1CCN(S(=O)(=O)c2cc(Cl)ccc2Cl)CC1. The van der Waals surface area contributed by atoms with Gasteiger partial charge >= 0.3 is 0 Å². The summed E-state index contributed by atoms with van der Waals surface area (Å²) < 4.78 is 27.2. The molecule has 1 amide bonds. The predicted octanol–water partition coefficient (Wildman–Crippen LogP) is 3.69. The molecule has 0 unspecified atom stereocenters. The van der Waals surface area contributed by atoms with E-state index in [0.29, 0.717) is 10.7 Å². The summed E-state index contributed by atoms with van der Waals surface area (Å²) in [5.41, 5.74) is 0.372. The van der Waals surface area contributed by atoms with Crippen molar-refractivity contribution in [3.63, 3.8) is 0 Å². The molecule has 0 aliphatic carbocycles. The number of fused-ring (bicyclic) bond motifs is 1. The monoisotopic (exact) mass is 449 g/mol. The Bertz CT molecular complexity index is 1190. The van der Waals surface area contributed by atoms with Gasteiger partial charge in [-0.05, 0) is 29.7 Å². The number of carbonyl (C=O) groups is 1. The Kier molecular flexibility index (Phi) is 5.48. The van der Waals surface area contributed by atoms with E-state index in [-0.39, 0.29) is 42.0 Å². The van der Waals surface area contributed by atoms with Crippen LogP contribution in [0.15, 0.2) is 59.6 Å². The van der Waals surface area contributed by atoms with Crippen LogP contribution < -0.4 is 0 Å². The third-order valence-corrected chi connectivity index (χ3v) is 7.53. The Morgan fingerprint density at radius 2 is 1.69 bits per heavy atom. The Morgan fingerprint density at radius 3 is 2.45 bits per heavy atom. The lowest BCUT2D eigenvalue weighted by Crippen LogP contribution is -2.50. The minimum Gasteiger partial charge on any atom is -0.335 e. The van der Waals surface area contributed by atoms with Crippen molar-refractivity contribution in [2.75, 3.05) is 26.2 Å². The van der Waals surface area contributed by atoms with Crippen molar-refractivity contribution in [2.24, 2.45) is 0 Å². The van der Waals surface area contributed by atoms with E-state index in [9.17, 15) is 13.2 Å². The van der Waals surface area contributed by atoms with Gasteiger partial charge in [-0.3, -0.25) is 9.78 Å². The molecule has 0 spiro atoms. The van der Waals surface area contributed by atoms with E-state index in [1.165, 1.54) is 22.5 Å². The van der Waals surface area contributed by atoms with Gasteiger partial charge < -0.3 is 4.90 Å². The molecule has 1 aliphatic heterocycles. The van der Waals surface area contributed by atoms with Gasteiger partial charge in [-0.1, -0.05) is 47.5 Å². The van der Waals surface area contributed by atoms with Crippen molar-refractivity contribution in [3.05, 3.63) is 70.5 Å². The molecule has 1 aromatic heterocycles. The lowest BCUT2D eigenvalue weighted by atomic mass is 10.1. The van der Waals surface area contributed by atoms with Gasteiger partial charge in [-0.25, -0.2) is 8.42 Å². The van der Waals surface area contributed by atoms with Crippen molar-refractivity contribution < 1.29 is 13.2 Å². The second-order valence-corrected chi connectivity index (χ2v) is 9.40. The number of sulfonamides is 1. The van der Waals surface area contributed by atoms with Gasteiger partial charge in [-0.15, -0.1) is 0 Å². The number of piperazine rings is 1. The summed E-state index contributed by atoms with van der Waals surface area (Å²) in [4.78, 5) is 18.9. The number of amides is 1. The molecule has 150 valence electrons. The number of halogens is 2. The number of aromatic nitrogens is 1. The third kappa shape index (κ3) is 3.83. The Hall–Kier alpha value is -2.19. The van der Waals surface area contributed by atoms with Gasteiger partial charge in [0, 0.05) is 42.8 Å². The predicted molar refractivity (Wildman–Crippen MR) is 113 cm³/mol. The van der Waals surface area contributed by atoms with Gasteiger partial charge in [0.15, 0.2) is 0 Å². The zero-order chi connectivity index (χ0) is 20.6. The van der Waals surface area contributed by atoms with Crippen molar-refractivity contribution in [3.8, 4) is 0 Å². The molecule has 2 heterocycles. The molecule has 3 aromatic rings. The van der Waals surface area contributed by atoms with Crippen molar-refractivity contribution in [1.82, 2.24) is 14.2 Å². The zero-order valence-electron chi connectivity index (χ0n) is 15.3. The minimum absolute atomic E-state index is 0.0258. The lowest BCUT2D eigenvalue weighted by Gasteiger charge is -2.34. The summed E-state index contributed by atoms with van der Waals surface area (Å²) in [6.45, 7) is 0.867. The van der Waals surface area contributed by atoms with Gasteiger partial charge in [0.25, 0.3) is 5.91 Å². The minimum atomic E-state index is -3.80. The molecular formula is C20H17Cl2N3O3S. The van der Waals surface area contributed by atoms with Crippen molar-refractivity contribution in [1.29, 1.82) is 0 Å². The fourth-order valence-corrected chi connectivity index (χ4v) is 5.54. The molecule has 6 nitrogen and oxygen atoms in total. The highest BCUT2D eigenvalue weighted by Gasteiger charge is 2.32. The molecule has 0 bridgehead atoms. The molecule has 1 saturated heterocycles. The molecule has 1 aliphatic rings. The highest BCUT2D eigenvalue weighted by Crippen LogP contribution is 2.28. The standard InChI is InChI=1S/C20H17Cl2N3O3S/c21-15-5-6-17(22)18(13-15)29(27,28)25-11-9-24(10-12-25)20(26)19-16-4-2-1-3-14(16)7-8-23-19/h1-8,13H,9-12H2. The maximum atomic E-state index is 13.0. The molecule has 4 rings (SSSR count). The van der Waals surface area contributed by atoms with Gasteiger partial charge in [0.1, 0.15) is 10.6 Å². The average Bonchev–Trinajstić information content (AvgIpc) is 2.74. The van der Waals surface area contributed by atoms with E-state index in [1.807, 2.05) is 30.3 Å². The summed E-state index contributed by atoms with van der Waals surface area (Å²) in [7, 11) is -3.80. The Labute approximate surface area is 178 Å². The van der Waals surface area contributed by atoms with E-state index in [1.54, 1.807) is 11.1 Å². The maximum Gasteiger partial charge on any atom is 0.273 e. The normalized spacial score (nSPS) is 15.6. The first-order valence-electron chi connectivity index (χ1n) is 8.96. The van der Waals surface area contributed by atoms with Crippen LogP contribution in [-0.2, 0) is 10.0 Å². The highest BCUT2D eigenvalue weighted by molar-refractivity contribution is 7.89. The van der Waals surface area contributed by atoms with Crippen LogP contribution in [0.25, 0.3) is 10.8 Å². The summed E-state index contributed by atoms with van der Waals surface area (Å²) >= 11 is 12.0. The molecule has 0 radical (unpaired) electrons. The van der Waals surface area contributed by atoms with Crippen LogP contribution >= 0.6 is 23.2 Å². The van der Waals surface area contributed by atoms with Crippen LogP contribution in [-0.4, -0.2) is 54.7 Å². The summed E-state index contributed by atoms with van der Waals surface area (Å²) in [6, 6.07) is 13.7. The molecule has 9 heteroatoms. The van der Waals surface area contributed by atoms with Crippen molar-refractivity contribution in [2.45, 2.75) is 4.90 Å². The number of hydrogen-bond donors (Lipinski definition) is 0. The van der Waals surface area contributed by atoms with Gasteiger partial charge in [0.2, 0.25) is 10.0 Å². The van der Waals surface area contributed by atoms with E-state index >= 15 is 0 Å². The van der Waals surface area contributed by atoms with Gasteiger partial charge in [-0.2, -0.15) is 4.31 Å². The second-order valence-electron chi connectivity index (χ2n) is 6.65. The second kappa shape index (κ2) is 7.91. The zero-order valence-corrected chi connectivity index (χ0v) is 17.6. The molecular weight excluding hydrogens is 433 g/mol. The Balaban J connectivity index is 1.53. The largest absolute Gasteiger partial charge is 0.335 e. The first-order chi connectivity index (χ1) is 13.9. The third-order valence-electron chi connectivity index (χ3n) is 4.91. The molecule has 0 N–H and O–H groups in total. The first kappa shape index (κ1) is 20.1. The topological polar surface area (TPSA) is 70.6 Å². The number of benzene rings is 2. The number of carbonyl (C=O) groups excluding carboxylic acids is 1. The van der Waals surface area contributed by atoms with E-state index < -0.39 is 10.0 Å². The fourth-order valence-electron chi connectivity index (χ4n) is 3.39. The molecule has 29 heavy (non-hydrogen) atoms. The highest BCUT2D eigenvalue weighted by atomic mass is 35.5. The van der Waals surface area contributed by atoms with Crippen LogP contribution in [0.1, 0.15) is 10.5 Å². The number of rotatable bonds is 3. The lowest BCUT2D eigenvalue weighted by molar-refractivity contribution is 0.0694. The van der Waals surface area contributed by atoms with Crippen LogP contribution in [0.5, 0.6) is 0 Å². The fraction of sp³-hybridized carbons (Fsp3) is 0.200. The van der Waals surface area contributed by atoms with E-state index in [4.69, 9.17) is 23.2 Å².